The number of rotatable bonds is 3. The van der Waals surface area contributed by atoms with Gasteiger partial charge in [-0.05, 0) is 36.8 Å². The molecule has 84 valence electrons. The Kier molecular flexibility index (Phi) is 3.41. The van der Waals surface area contributed by atoms with Crippen molar-refractivity contribution in [2.45, 2.75) is 13.3 Å². The molecule has 1 aromatic heterocycles. The van der Waals surface area contributed by atoms with Crippen LogP contribution in [0.15, 0.2) is 34.9 Å². The fourth-order valence-corrected chi connectivity index (χ4v) is 2.10. The Morgan fingerprint density at radius 3 is 2.88 bits per heavy atom. The summed E-state index contributed by atoms with van der Waals surface area (Å²) in [6.07, 6.45) is 2.52. The van der Waals surface area contributed by atoms with E-state index in [2.05, 4.69) is 27.1 Å². The Bertz CT molecular complexity index is 494. The minimum atomic E-state index is 0.135. The van der Waals surface area contributed by atoms with Crippen molar-refractivity contribution in [3.8, 4) is 5.69 Å². The molecule has 16 heavy (non-hydrogen) atoms. The van der Waals surface area contributed by atoms with Crippen molar-refractivity contribution in [1.29, 1.82) is 0 Å². The first-order chi connectivity index (χ1) is 7.70. The van der Waals surface area contributed by atoms with Crippen molar-refractivity contribution in [2.75, 3.05) is 6.61 Å². The smallest absolute Gasteiger partial charge is 0.0675 e. The van der Waals surface area contributed by atoms with Crippen LogP contribution in [0.4, 0.5) is 0 Å². The van der Waals surface area contributed by atoms with Crippen LogP contribution in [0.2, 0.25) is 0 Å². The zero-order valence-electron chi connectivity index (χ0n) is 9.02. The Morgan fingerprint density at radius 1 is 1.38 bits per heavy atom. The van der Waals surface area contributed by atoms with E-state index in [0.29, 0.717) is 6.42 Å². The molecule has 3 nitrogen and oxygen atoms in total. The molecule has 0 saturated carbocycles. The van der Waals surface area contributed by atoms with Crippen LogP contribution in [0.1, 0.15) is 11.3 Å². The Hall–Kier alpha value is -1.13. The van der Waals surface area contributed by atoms with Gasteiger partial charge in [-0.1, -0.05) is 15.9 Å². The number of benzene rings is 1. The normalized spacial score (nSPS) is 10.7. The van der Waals surface area contributed by atoms with Crippen molar-refractivity contribution in [3.63, 3.8) is 0 Å². The van der Waals surface area contributed by atoms with E-state index in [1.165, 1.54) is 0 Å². The molecule has 0 atom stereocenters. The third-order valence-electron chi connectivity index (χ3n) is 2.42. The molecule has 0 unspecified atom stereocenters. The van der Waals surface area contributed by atoms with Gasteiger partial charge < -0.3 is 5.11 Å². The number of hydrogen-bond donors (Lipinski definition) is 1. The van der Waals surface area contributed by atoms with Gasteiger partial charge in [0, 0.05) is 23.7 Å². The van der Waals surface area contributed by atoms with Crippen molar-refractivity contribution >= 4 is 15.9 Å². The van der Waals surface area contributed by atoms with Gasteiger partial charge in [0.2, 0.25) is 0 Å². The maximum absolute atomic E-state index is 8.84. The fraction of sp³-hybridized carbons (Fsp3) is 0.250. The molecule has 0 radical (unpaired) electrons. The highest BCUT2D eigenvalue weighted by Gasteiger charge is 2.04. The van der Waals surface area contributed by atoms with Crippen molar-refractivity contribution in [1.82, 2.24) is 9.78 Å². The van der Waals surface area contributed by atoms with Gasteiger partial charge >= 0.3 is 0 Å². The molecule has 4 heteroatoms. The van der Waals surface area contributed by atoms with Crippen LogP contribution in [0.5, 0.6) is 0 Å². The quantitative estimate of drug-likeness (QED) is 0.938. The van der Waals surface area contributed by atoms with Gasteiger partial charge in [0.1, 0.15) is 0 Å². The maximum atomic E-state index is 8.84. The summed E-state index contributed by atoms with van der Waals surface area (Å²) in [6.45, 7) is 2.18. The molecule has 2 aromatic rings. The Morgan fingerprint density at radius 2 is 2.19 bits per heavy atom. The highest BCUT2D eigenvalue weighted by atomic mass is 79.9. The van der Waals surface area contributed by atoms with Gasteiger partial charge in [0.05, 0.1) is 11.4 Å². The van der Waals surface area contributed by atoms with Crippen LogP contribution < -0.4 is 0 Å². The minimum absolute atomic E-state index is 0.135. The lowest BCUT2D eigenvalue weighted by atomic mass is 10.2. The van der Waals surface area contributed by atoms with E-state index in [-0.39, 0.29) is 6.61 Å². The molecule has 0 aliphatic heterocycles. The molecular weight excluding hydrogens is 268 g/mol. The second kappa shape index (κ2) is 4.80. The zero-order chi connectivity index (χ0) is 11.5. The first kappa shape index (κ1) is 11.4. The maximum Gasteiger partial charge on any atom is 0.0675 e. The van der Waals surface area contributed by atoms with E-state index in [1.54, 1.807) is 0 Å². The second-order valence-electron chi connectivity index (χ2n) is 3.66. The van der Waals surface area contributed by atoms with Gasteiger partial charge in [-0.15, -0.1) is 0 Å². The van der Waals surface area contributed by atoms with Gasteiger partial charge in [-0.3, -0.25) is 0 Å². The zero-order valence-corrected chi connectivity index (χ0v) is 10.6. The molecular formula is C12H13BrN2O. The molecule has 2 rings (SSSR count). The molecule has 0 aliphatic carbocycles. The predicted molar refractivity (Wildman–Crippen MR) is 66.8 cm³/mol. The summed E-state index contributed by atoms with van der Waals surface area (Å²) in [5.41, 5.74) is 3.13. The van der Waals surface area contributed by atoms with Crippen molar-refractivity contribution < 1.29 is 5.11 Å². The lowest BCUT2D eigenvalue weighted by Gasteiger charge is -2.05. The van der Waals surface area contributed by atoms with Crippen LogP contribution >= 0.6 is 15.9 Å². The molecule has 0 bridgehead atoms. The number of halogens is 1. The molecule has 0 amide bonds. The van der Waals surface area contributed by atoms with Gasteiger partial charge in [-0.25, -0.2) is 4.68 Å². The monoisotopic (exact) mass is 280 g/mol. The molecule has 1 aromatic carbocycles. The van der Waals surface area contributed by atoms with Crippen molar-refractivity contribution in [3.05, 3.63) is 46.2 Å². The third-order valence-corrected chi connectivity index (χ3v) is 2.91. The summed E-state index contributed by atoms with van der Waals surface area (Å²) in [5.74, 6) is 0. The van der Waals surface area contributed by atoms with Gasteiger partial charge in [0.15, 0.2) is 0 Å². The summed E-state index contributed by atoms with van der Waals surface area (Å²) >= 11 is 3.44. The van der Waals surface area contributed by atoms with E-state index in [0.717, 1.165) is 21.4 Å². The topological polar surface area (TPSA) is 38.0 Å². The van der Waals surface area contributed by atoms with Gasteiger partial charge in [0.25, 0.3) is 0 Å². The third kappa shape index (κ3) is 2.33. The number of aromatic nitrogens is 2. The molecule has 1 N–H and O–H groups in total. The number of aryl methyl sites for hydroxylation is 1. The van der Waals surface area contributed by atoms with Crippen LogP contribution in [0, 0.1) is 6.92 Å². The van der Waals surface area contributed by atoms with Crippen LogP contribution in [-0.4, -0.2) is 21.5 Å². The second-order valence-corrected chi connectivity index (χ2v) is 4.57. The highest BCUT2D eigenvalue weighted by Crippen LogP contribution is 2.19. The van der Waals surface area contributed by atoms with E-state index < -0.39 is 0 Å². The molecule has 0 aliphatic rings. The Balaban J connectivity index is 2.35. The highest BCUT2D eigenvalue weighted by molar-refractivity contribution is 9.10. The first-order valence-electron chi connectivity index (χ1n) is 5.12. The lowest BCUT2D eigenvalue weighted by molar-refractivity contribution is 0.298. The molecule has 0 saturated heterocycles. The SMILES string of the molecule is Cc1cc(Br)ccc1-n1ccc(CCO)n1. The summed E-state index contributed by atoms with van der Waals surface area (Å²) < 4.78 is 2.91. The average molecular weight is 281 g/mol. The standard InChI is InChI=1S/C12H13BrN2O/c1-9-8-10(13)2-3-12(9)15-6-4-11(14-15)5-7-16/h2-4,6,8,16H,5,7H2,1H3. The lowest BCUT2D eigenvalue weighted by Crippen LogP contribution is -1.99. The largest absolute Gasteiger partial charge is 0.396 e. The summed E-state index contributed by atoms with van der Waals surface area (Å²) in [5, 5.41) is 13.2. The number of aliphatic hydroxyl groups excluding tert-OH is 1. The number of aliphatic hydroxyl groups is 1. The fourth-order valence-electron chi connectivity index (χ4n) is 1.62. The van der Waals surface area contributed by atoms with E-state index in [4.69, 9.17) is 5.11 Å². The predicted octanol–water partition coefficient (Wildman–Crippen LogP) is 2.48. The Labute approximate surface area is 103 Å². The van der Waals surface area contributed by atoms with E-state index >= 15 is 0 Å². The molecule has 0 spiro atoms. The molecule has 1 heterocycles. The summed E-state index contributed by atoms with van der Waals surface area (Å²) in [7, 11) is 0. The molecule has 0 fully saturated rings. The summed E-state index contributed by atoms with van der Waals surface area (Å²) in [6, 6.07) is 8.01. The van der Waals surface area contributed by atoms with Crippen LogP contribution in [0.3, 0.4) is 0 Å². The first-order valence-corrected chi connectivity index (χ1v) is 5.92. The van der Waals surface area contributed by atoms with Crippen molar-refractivity contribution in [2.24, 2.45) is 0 Å². The van der Waals surface area contributed by atoms with Gasteiger partial charge in [-0.2, -0.15) is 5.10 Å². The van der Waals surface area contributed by atoms with E-state index in [1.807, 2.05) is 36.0 Å². The number of hydrogen-bond acceptors (Lipinski definition) is 2. The van der Waals surface area contributed by atoms with E-state index in [9.17, 15) is 0 Å². The number of nitrogens with zero attached hydrogens (tertiary/aromatic N) is 2. The van der Waals surface area contributed by atoms with Crippen LogP contribution in [-0.2, 0) is 6.42 Å². The minimum Gasteiger partial charge on any atom is -0.396 e. The summed E-state index contributed by atoms with van der Waals surface area (Å²) in [4.78, 5) is 0. The average Bonchev–Trinajstić information content (AvgIpc) is 2.67. The van der Waals surface area contributed by atoms with Crippen LogP contribution in [0.25, 0.3) is 5.69 Å².